The Morgan fingerprint density at radius 2 is 0.783 bits per heavy atom. The van der Waals surface area contributed by atoms with E-state index in [2.05, 4.69) is 157 Å². The van der Waals surface area contributed by atoms with Crippen LogP contribution in [-0.4, -0.2) is 14.1 Å². The summed E-state index contributed by atoms with van der Waals surface area (Å²) in [5.74, 6) is 0. The van der Waals surface area contributed by atoms with Gasteiger partial charge in [-0.2, -0.15) is 9.13 Å². The predicted octanol–water partition coefficient (Wildman–Crippen LogP) is 13.7. The summed E-state index contributed by atoms with van der Waals surface area (Å²) in [6.07, 6.45) is 27.8. The van der Waals surface area contributed by atoms with E-state index in [1.54, 1.807) is 24.3 Å². The van der Waals surface area contributed by atoms with E-state index < -0.39 is 0 Å². The molecule has 0 radical (unpaired) electrons. The van der Waals surface area contributed by atoms with Gasteiger partial charge >= 0.3 is 0 Å². The van der Waals surface area contributed by atoms with Crippen LogP contribution in [0.3, 0.4) is 0 Å². The van der Waals surface area contributed by atoms with Gasteiger partial charge in [0.2, 0.25) is 11.4 Å². The zero-order valence-corrected chi connectivity index (χ0v) is 35.8. The molecular weight excluding hydrogens is 776 g/mol. The highest BCUT2D eigenvalue weighted by molar-refractivity contribution is 6.31. The Kier molecular flexibility index (Phi) is 14.9. The third-order valence-electron chi connectivity index (χ3n) is 10.2. The molecule has 0 spiro atoms. The van der Waals surface area contributed by atoms with Gasteiger partial charge in [-0.25, -0.2) is 0 Å². The number of halogens is 2. The summed E-state index contributed by atoms with van der Waals surface area (Å²) in [5.41, 5.74) is 13.1. The molecule has 6 heteroatoms. The summed E-state index contributed by atoms with van der Waals surface area (Å²) in [5, 5.41) is 1.41. The lowest BCUT2D eigenvalue weighted by Gasteiger charge is -2.22. The van der Waals surface area contributed by atoms with E-state index in [4.69, 9.17) is 23.2 Å². The Morgan fingerprint density at radius 1 is 0.450 bits per heavy atom. The first kappa shape index (κ1) is 42.9. The molecule has 0 bridgehead atoms. The minimum atomic E-state index is 0.689. The second-order valence-electron chi connectivity index (χ2n) is 14.1. The summed E-state index contributed by atoms with van der Waals surface area (Å²) >= 11 is 12.4. The van der Waals surface area contributed by atoms with Gasteiger partial charge in [-0.05, 0) is 71.8 Å². The second-order valence-corrected chi connectivity index (χ2v) is 15.0. The maximum atomic E-state index is 6.21. The topological polar surface area (TPSA) is 14.2 Å². The Bertz CT molecular complexity index is 2400. The average molecular weight is 826 g/mol. The van der Waals surface area contributed by atoms with Crippen molar-refractivity contribution >= 4 is 70.3 Å². The van der Waals surface area contributed by atoms with Crippen LogP contribution in [-0.2, 0) is 13.1 Å². The van der Waals surface area contributed by atoms with Crippen molar-refractivity contribution in [2.75, 3.05) is 23.9 Å². The van der Waals surface area contributed by atoms with Crippen molar-refractivity contribution < 1.29 is 9.13 Å². The lowest BCUT2D eigenvalue weighted by Crippen LogP contribution is -2.38. The summed E-state index contributed by atoms with van der Waals surface area (Å²) in [6.45, 7) is 17.1. The molecule has 0 saturated heterocycles. The van der Waals surface area contributed by atoms with E-state index in [1.807, 2.05) is 72.8 Å². The SMILES string of the molecule is C=C/C=C/c1c(N(C)c2ccc(Cl)cc2)cc[n+](Cc2ccc(-c3ccc(C[n+]4ccc(N(C)c5ccc(Cl)cc5)c(/C=C/C=C)c4/C=C/C=C)cc3)cc2)c1/C=C/C=C. The van der Waals surface area contributed by atoms with E-state index in [9.17, 15) is 0 Å². The minimum Gasteiger partial charge on any atom is -0.344 e. The smallest absolute Gasteiger partial charge is 0.214 e. The minimum absolute atomic E-state index is 0.689. The van der Waals surface area contributed by atoms with Crippen LogP contribution in [0.5, 0.6) is 0 Å². The molecule has 0 atom stereocenters. The van der Waals surface area contributed by atoms with Crippen molar-refractivity contribution in [3.05, 3.63) is 240 Å². The molecule has 0 fully saturated rings. The van der Waals surface area contributed by atoms with E-state index >= 15 is 0 Å². The van der Waals surface area contributed by atoms with Gasteiger partial charge in [-0.15, -0.1) is 0 Å². The molecule has 0 saturated carbocycles. The molecule has 2 heterocycles. The van der Waals surface area contributed by atoms with Gasteiger partial charge in [0.05, 0.1) is 22.5 Å². The molecule has 4 aromatic carbocycles. The summed E-state index contributed by atoms with van der Waals surface area (Å²) in [4.78, 5) is 4.34. The predicted molar refractivity (Wildman–Crippen MR) is 259 cm³/mol. The number of rotatable bonds is 17. The number of aromatic nitrogens is 2. The van der Waals surface area contributed by atoms with E-state index in [-0.39, 0.29) is 0 Å². The standard InChI is InChI=1S/C54H50Cl2N4/c1-7-11-15-49-51(57(5)47-31-27-45(55)28-32-47)35-37-59(53(49)17-13-9-3)39-41-19-23-43(24-20-41)44-25-21-42(22-26-44)40-60-38-36-52(58(6)48-33-29-46(56)30-34-48)50(16-12-8-2)54(60)18-14-10-4/h7-38H,1-4,39-40H2,5-6H3/q+2/b15-11+,16-12+,17-13+,18-14+. The quantitative estimate of drug-likeness (QED) is 0.0672. The number of anilines is 4. The molecule has 298 valence electrons. The van der Waals surface area contributed by atoms with Crippen LogP contribution in [0, 0.1) is 0 Å². The van der Waals surface area contributed by atoms with Crippen LogP contribution in [0.1, 0.15) is 33.6 Å². The fourth-order valence-corrected chi connectivity index (χ4v) is 7.31. The summed E-state index contributed by atoms with van der Waals surface area (Å²) in [6, 6.07) is 37.7. The molecule has 0 N–H and O–H groups in total. The van der Waals surface area contributed by atoms with Crippen LogP contribution in [0.2, 0.25) is 10.0 Å². The highest BCUT2D eigenvalue weighted by Gasteiger charge is 2.22. The molecule has 4 nitrogen and oxygen atoms in total. The second kappa shape index (κ2) is 20.8. The van der Waals surface area contributed by atoms with Gasteiger partial charge in [-0.1, -0.05) is 147 Å². The molecule has 6 rings (SSSR count). The van der Waals surface area contributed by atoms with Crippen molar-refractivity contribution in [1.82, 2.24) is 0 Å². The normalized spacial score (nSPS) is 11.5. The zero-order valence-electron chi connectivity index (χ0n) is 34.3. The maximum Gasteiger partial charge on any atom is 0.214 e. The molecule has 0 aliphatic heterocycles. The molecule has 0 amide bonds. The van der Waals surface area contributed by atoms with Gasteiger partial charge in [0.1, 0.15) is 0 Å². The number of hydrogen-bond donors (Lipinski definition) is 0. The van der Waals surface area contributed by atoms with Crippen molar-refractivity contribution in [1.29, 1.82) is 0 Å². The van der Waals surface area contributed by atoms with Gasteiger partial charge in [0, 0.05) is 70.9 Å². The number of pyridine rings is 2. The first-order valence-corrected chi connectivity index (χ1v) is 20.5. The lowest BCUT2D eigenvalue weighted by molar-refractivity contribution is -0.690. The van der Waals surface area contributed by atoms with Gasteiger partial charge in [0.25, 0.3) is 0 Å². The Morgan fingerprint density at radius 3 is 1.12 bits per heavy atom. The van der Waals surface area contributed by atoms with Gasteiger partial charge in [-0.3, -0.25) is 0 Å². The van der Waals surface area contributed by atoms with Crippen molar-refractivity contribution in [3.8, 4) is 11.1 Å². The fourth-order valence-electron chi connectivity index (χ4n) is 7.06. The molecule has 2 aromatic heterocycles. The first-order valence-electron chi connectivity index (χ1n) is 19.7. The van der Waals surface area contributed by atoms with Crippen molar-refractivity contribution in [2.24, 2.45) is 0 Å². The molecule has 0 aliphatic carbocycles. The van der Waals surface area contributed by atoms with E-state index in [1.165, 1.54) is 11.1 Å². The monoisotopic (exact) mass is 824 g/mol. The third-order valence-corrected chi connectivity index (χ3v) is 10.7. The number of nitrogens with zero attached hydrogens (tertiary/aromatic N) is 4. The number of hydrogen-bond acceptors (Lipinski definition) is 2. The highest BCUT2D eigenvalue weighted by Crippen LogP contribution is 2.32. The molecule has 0 aliphatic rings. The average Bonchev–Trinajstić information content (AvgIpc) is 3.27. The van der Waals surface area contributed by atoms with Crippen LogP contribution >= 0.6 is 23.2 Å². The molecule has 0 unspecified atom stereocenters. The van der Waals surface area contributed by atoms with Crippen molar-refractivity contribution in [2.45, 2.75) is 13.1 Å². The van der Waals surface area contributed by atoms with Crippen molar-refractivity contribution in [3.63, 3.8) is 0 Å². The number of allylic oxidation sites excluding steroid dienone is 8. The van der Waals surface area contributed by atoms with Crippen LogP contribution in [0.4, 0.5) is 22.7 Å². The first-order chi connectivity index (χ1) is 29.2. The van der Waals surface area contributed by atoms with E-state index in [0.717, 1.165) is 56.4 Å². The van der Waals surface area contributed by atoms with E-state index in [0.29, 0.717) is 23.1 Å². The van der Waals surface area contributed by atoms with Crippen LogP contribution in [0.15, 0.2) is 197 Å². The zero-order chi connectivity index (χ0) is 42.4. The fraction of sp³-hybridized carbons (Fsp3) is 0.0741. The molecule has 6 aromatic rings. The highest BCUT2D eigenvalue weighted by atomic mass is 35.5. The van der Waals surface area contributed by atoms with Gasteiger partial charge < -0.3 is 9.80 Å². The summed E-state index contributed by atoms with van der Waals surface area (Å²) in [7, 11) is 4.13. The maximum absolute atomic E-state index is 6.21. The Hall–Kier alpha value is -6.72. The van der Waals surface area contributed by atoms with Crippen LogP contribution in [0.25, 0.3) is 35.4 Å². The lowest BCUT2D eigenvalue weighted by atomic mass is 10.0. The third kappa shape index (κ3) is 10.5. The number of benzene rings is 4. The van der Waals surface area contributed by atoms with Gasteiger partial charge in [0.15, 0.2) is 25.5 Å². The van der Waals surface area contributed by atoms with Crippen LogP contribution < -0.4 is 18.9 Å². The largest absolute Gasteiger partial charge is 0.344 e. The Balaban J connectivity index is 1.25. The Labute approximate surface area is 365 Å². The summed E-state index contributed by atoms with van der Waals surface area (Å²) < 4.78 is 4.53. The molecular formula is C54H50Cl2N4+2. The molecule has 60 heavy (non-hydrogen) atoms.